The van der Waals surface area contributed by atoms with E-state index in [0.29, 0.717) is 18.7 Å². The molecule has 0 aliphatic carbocycles. The van der Waals surface area contributed by atoms with Gasteiger partial charge in [0.05, 0.1) is 30.4 Å². The monoisotopic (exact) mass is 463 g/mol. The molecule has 3 heterocycles. The van der Waals surface area contributed by atoms with Gasteiger partial charge in [-0.2, -0.15) is 5.26 Å². The van der Waals surface area contributed by atoms with Crippen molar-refractivity contribution in [1.29, 1.82) is 5.26 Å². The molecule has 1 saturated heterocycles. The van der Waals surface area contributed by atoms with Crippen LogP contribution < -0.4 is 5.32 Å². The molecule has 0 spiro atoms. The third-order valence-corrected chi connectivity index (χ3v) is 5.39. The van der Waals surface area contributed by atoms with Gasteiger partial charge >= 0.3 is 6.09 Å². The van der Waals surface area contributed by atoms with Gasteiger partial charge < -0.3 is 19.9 Å². The molecule has 2 atom stereocenters. The molecule has 2 aliphatic heterocycles. The Morgan fingerprint density at radius 3 is 2.70 bits per heavy atom. The maximum atomic E-state index is 13.6. The number of likely N-dealkylation sites (tertiary alicyclic amines) is 1. The van der Waals surface area contributed by atoms with Crippen LogP contribution in [-0.2, 0) is 22.5 Å². The predicted octanol–water partition coefficient (Wildman–Crippen LogP) is 2.25. The first-order valence-electron chi connectivity index (χ1n) is 10.6. The van der Waals surface area contributed by atoms with E-state index in [4.69, 9.17) is 10.00 Å². The van der Waals surface area contributed by atoms with Gasteiger partial charge in [0.25, 0.3) is 11.8 Å². The Bertz CT molecular complexity index is 1000. The number of halogens is 2. The van der Waals surface area contributed by atoms with E-state index in [-0.39, 0.29) is 12.1 Å². The maximum Gasteiger partial charge on any atom is 0.410 e. The molecule has 0 aromatic carbocycles. The lowest BCUT2D eigenvalue weighted by molar-refractivity contribution is -0.134. The summed E-state index contributed by atoms with van der Waals surface area (Å²) in [6.07, 6.45) is 0.660. The van der Waals surface area contributed by atoms with Crippen molar-refractivity contribution in [3.05, 3.63) is 29.1 Å². The lowest BCUT2D eigenvalue weighted by Gasteiger charge is -2.30. The number of carbonyl (C=O) groups excluding carboxylic acids is 3. The molecule has 3 amide bonds. The number of ether oxygens (including phenoxy) is 1. The van der Waals surface area contributed by atoms with Crippen molar-refractivity contribution in [3.63, 3.8) is 0 Å². The largest absolute Gasteiger partial charge is 0.444 e. The summed E-state index contributed by atoms with van der Waals surface area (Å²) in [6.45, 7) is 6.55. The number of nitrogens with one attached hydrogen (secondary N) is 1. The lowest BCUT2D eigenvalue weighted by atomic mass is 10.0. The maximum absolute atomic E-state index is 13.6. The average Bonchev–Trinajstić information content (AvgIpc) is 3.05. The van der Waals surface area contributed by atoms with Crippen molar-refractivity contribution in [2.75, 3.05) is 13.1 Å². The molecule has 2 aliphatic rings. The van der Waals surface area contributed by atoms with Gasteiger partial charge in [-0.05, 0) is 45.7 Å². The first-order valence-corrected chi connectivity index (χ1v) is 10.6. The van der Waals surface area contributed by atoms with Crippen LogP contribution in [0.2, 0.25) is 0 Å². The summed E-state index contributed by atoms with van der Waals surface area (Å²) in [5.74, 6) is -4.46. The van der Waals surface area contributed by atoms with Gasteiger partial charge in [-0.15, -0.1) is 0 Å². The van der Waals surface area contributed by atoms with Gasteiger partial charge in [-0.25, -0.2) is 13.6 Å². The van der Waals surface area contributed by atoms with Crippen molar-refractivity contribution in [3.8, 4) is 6.07 Å². The number of nitrogens with zero attached hydrogens (tertiary/aromatic N) is 4. The molecule has 11 heteroatoms. The highest BCUT2D eigenvalue weighted by Crippen LogP contribution is 2.32. The minimum atomic E-state index is -3.13. The third kappa shape index (κ3) is 5.74. The number of rotatable bonds is 3. The van der Waals surface area contributed by atoms with Crippen LogP contribution >= 0.6 is 0 Å². The van der Waals surface area contributed by atoms with Gasteiger partial charge in [0.15, 0.2) is 0 Å². The number of alkyl halides is 2. The Balaban J connectivity index is 1.63. The molecule has 33 heavy (non-hydrogen) atoms. The normalized spacial score (nSPS) is 20.5. The van der Waals surface area contributed by atoms with Crippen LogP contribution in [0.5, 0.6) is 0 Å². The van der Waals surface area contributed by atoms with Crippen LogP contribution in [0, 0.1) is 11.3 Å². The van der Waals surface area contributed by atoms with E-state index in [9.17, 15) is 23.2 Å². The Labute approximate surface area is 190 Å². The first kappa shape index (κ1) is 24.4. The minimum absolute atomic E-state index is 0.211. The van der Waals surface area contributed by atoms with Crippen molar-refractivity contribution in [2.45, 2.75) is 70.7 Å². The van der Waals surface area contributed by atoms with Gasteiger partial charge in [0.2, 0.25) is 5.91 Å². The van der Waals surface area contributed by atoms with Gasteiger partial charge in [0.1, 0.15) is 17.7 Å². The fourth-order valence-corrected chi connectivity index (χ4v) is 3.77. The smallest absolute Gasteiger partial charge is 0.410 e. The van der Waals surface area contributed by atoms with Gasteiger partial charge in [0, 0.05) is 19.2 Å². The number of amides is 3. The molecule has 3 rings (SSSR count). The zero-order chi connectivity index (χ0) is 24.6. The molecule has 178 valence electrons. The van der Waals surface area contributed by atoms with Crippen molar-refractivity contribution in [1.82, 2.24) is 20.1 Å². The summed E-state index contributed by atoms with van der Waals surface area (Å²) >= 11 is 0. The van der Waals surface area contributed by atoms with E-state index >= 15 is 0 Å². The third-order valence-electron chi connectivity index (χ3n) is 5.39. The number of nitriles is 1. The van der Waals surface area contributed by atoms with Crippen LogP contribution in [0.15, 0.2) is 12.3 Å². The number of pyridine rings is 1. The second-order valence-corrected chi connectivity index (χ2v) is 9.35. The number of fused-ring (bicyclic) bond motifs is 1. The number of aromatic nitrogens is 1. The topological polar surface area (TPSA) is 116 Å². The van der Waals surface area contributed by atoms with E-state index in [1.807, 2.05) is 0 Å². The molecule has 1 aromatic rings. The van der Waals surface area contributed by atoms with Crippen LogP contribution in [0.25, 0.3) is 0 Å². The quantitative estimate of drug-likeness (QED) is 0.735. The number of hydrogen-bond acceptors (Lipinski definition) is 6. The fraction of sp³-hybridized carbons (Fsp3) is 0.591. The summed E-state index contributed by atoms with van der Waals surface area (Å²) in [6, 6.07) is 1.03. The fourth-order valence-electron chi connectivity index (χ4n) is 3.77. The van der Waals surface area contributed by atoms with E-state index in [1.165, 1.54) is 13.1 Å². The number of hydrogen-bond donors (Lipinski definition) is 1. The Morgan fingerprint density at radius 1 is 1.36 bits per heavy atom. The highest BCUT2D eigenvalue weighted by molar-refractivity contribution is 5.97. The Hall–Kier alpha value is -3.29. The summed E-state index contributed by atoms with van der Waals surface area (Å²) in [4.78, 5) is 44.1. The molecule has 9 nitrogen and oxygen atoms in total. The molecule has 0 unspecified atom stereocenters. The van der Waals surface area contributed by atoms with E-state index in [0.717, 1.165) is 10.5 Å². The van der Waals surface area contributed by atoms with E-state index in [2.05, 4.69) is 10.3 Å². The molecule has 0 radical (unpaired) electrons. The lowest BCUT2D eigenvalue weighted by Crippen LogP contribution is -2.48. The van der Waals surface area contributed by atoms with E-state index in [1.54, 1.807) is 37.8 Å². The van der Waals surface area contributed by atoms with Crippen LogP contribution in [0.3, 0.4) is 0 Å². The molecule has 0 saturated carbocycles. The second kappa shape index (κ2) is 8.92. The molecule has 0 bridgehead atoms. The SMILES string of the molecule is C[C@@H](NC(=O)c1cnc2c(c1)CCN(C(=O)OC(C)(C)C)C2)C(=O)N1CC(F)(F)C[C@H]1C#N. The second-order valence-electron chi connectivity index (χ2n) is 9.35. The molecule has 1 N–H and O–H groups in total. The summed E-state index contributed by atoms with van der Waals surface area (Å²) < 4.78 is 32.6. The molecule has 1 aromatic heterocycles. The van der Waals surface area contributed by atoms with Gasteiger partial charge in [-0.3, -0.25) is 14.6 Å². The first-order chi connectivity index (χ1) is 15.3. The summed E-state index contributed by atoms with van der Waals surface area (Å²) in [7, 11) is 0. The standard InChI is InChI=1S/C22H27F2N5O4/c1-13(19(31)29-12-22(23,24)8-16(29)9-25)27-18(30)15-7-14-5-6-28(11-17(14)26-10-15)20(32)33-21(2,3)4/h7,10,13,16H,5-6,8,11-12H2,1-4H3,(H,27,30)/t13-,16+/m1/s1. The van der Waals surface area contributed by atoms with E-state index < -0.39 is 54.5 Å². The van der Waals surface area contributed by atoms with Crippen LogP contribution in [0.4, 0.5) is 13.6 Å². The zero-order valence-electron chi connectivity index (χ0n) is 19.0. The highest BCUT2D eigenvalue weighted by Gasteiger charge is 2.48. The van der Waals surface area contributed by atoms with Gasteiger partial charge in [-0.1, -0.05) is 0 Å². The van der Waals surface area contributed by atoms with Crippen molar-refractivity contribution in [2.24, 2.45) is 0 Å². The summed E-state index contributed by atoms with van der Waals surface area (Å²) in [5.41, 5.74) is 1.04. The molecular formula is C22H27F2N5O4. The Morgan fingerprint density at radius 2 is 2.06 bits per heavy atom. The molecule has 1 fully saturated rings. The summed E-state index contributed by atoms with van der Waals surface area (Å²) in [5, 5.41) is 11.6. The zero-order valence-corrected chi connectivity index (χ0v) is 19.0. The van der Waals surface area contributed by atoms with Crippen molar-refractivity contribution < 1.29 is 27.9 Å². The highest BCUT2D eigenvalue weighted by atomic mass is 19.3. The average molecular weight is 463 g/mol. The van der Waals surface area contributed by atoms with Crippen LogP contribution in [0.1, 0.15) is 55.7 Å². The Kier molecular flexibility index (Phi) is 6.58. The van der Waals surface area contributed by atoms with Crippen LogP contribution in [-0.4, -0.2) is 69.4 Å². The molecular weight excluding hydrogens is 436 g/mol. The predicted molar refractivity (Wildman–Crippen MR) is 112 cm³/mol. The number of carbonyl (C=O) groups is 3. The van der Waals surface area contributed by atoms with Crippen molar-refractivity contribution >= 4 is 17.9 Å². The minimum Gasteiger partial charge on any atom is -0.444 e.